The minimum absolute atomic E-state index is 0.0174. The number of hydrogen-bond donors (Lipinski definition) is 1. The number of hydrogen-bond acceptors (Lipinski definition) is 3. The molecule has 1 aliphatic rings. The topological polar surface area (TPSA) is 32.3 Å². The van der Waals surface area contributed by atoms with E-state index in [0.29, 0.717) is 14.9 Å². The van der Waals surface area contributed by atoms with Crippen LogP contribution in [0.5, 0.6) is 0 Å². The predicted octanol–water partition coefficient (Wildman–Crippen LogP) is 3.25. The summed E-state index contributed by atoms with van der Waals surface area (Å²) in [4.78, 5) is 14.9. The fraction of sp³-hybridized carbons (Fsp3) is 0.308. The monoisotopic (exact) mass is 314 g/mol. The lowest BCUT2D eigenvalue weighted by Crippen LogP contribution is -2.46. The number of benzene rings is 1. The van der Waals surface area contributed by atoms with Crippen molar-refractivity contribution in [1.82, 2.24) is 10.2 Å². The van der Waals surface area contributed by atoms with Crippen LogP contribution < -0.4 is 5.32 Å². The lowest BCUT2D eigenvalue weighted by molar-refractivity contribution is 0.0741. The molecule has 0 unspecified atom stereocenters. The third-order valence-corrected chi connectivity index (χ3v) is 5.07. The number of carbonyl (C=O) groups excluding carboxylic acids is 1. The molecule has 2 heterocycles. The Hall–Kier alpha value is -0.810. The number of amides is 1. The summed E-state index contributed by atoms with van der Waals surface area (Å²) in [6.07, 6.45) is 0. The van der Waals surface area contributed by atoms with Crippen LogP contribution in [0.1, 0.15) is 9.67 Å². The van der Waals surface area contributed by atoms with Gasteiger partial charge in [0.1, 0.15) is 4.88 Å². The zero-order chi connectivity index (χ0) is 13.4. The molecule has 3 rings (SSSR count). The largest absolute Gasteiger partial charge is 0.335 e. The van der Waals surface area contributed by atoms with Crippen LogP contribution in [-0.4, -0.2) is 37.0 Å². The normalized spacial score (nSPS) is 16.0. The third-order valence-electron chi connectivity index (χ3n) is 3.19. The van der Waals surface area contributed by atoms with Crippen molar-refractivity contribution in [3.8, 4) is 0 Å². The highest BCUT2D eigenvalue weighted by Gasteiger charge is 2.23. The molecule has 0 saturated carbocycles. The molecule has 19 heavy (non-hydrogen) atoms. The van der Waals surface area contributed by atoms with Gasteiger partial charge >= 0.3 is 0 Å². The lowest BCUT2D eigenvalue weighted by Gasteiger charge is -2.27. The van der Waals surface area contributed by atoms with Gasteiger partial charge in [-0.2, -0.15) is 0 Å². The van der Waals surface area contributed by atoms with Crippen molar-refractivity contribution in [2.75, 3.05) is 26.2 Å². The van der Waals surface area contributed by atoms with E-state index in [4.69, 9.17) is 23.2 Å². The van der Waals surface area contributed by atoms with E-state index in [0.717, 1.165) is 36.3 Å². The second-order valence-electron chi connectivity index (χ2n) is 4.43. The SMILES string of the molecule is O=C(c1sc2cc(Cl)ccc2c1Cl)N1CCNCC1. The molecule has 0 bridgehead atoms. The Morgan fingerprint density at radius 2 is 2.00 bits per heavy atom. The molecule has 0 atom stereocenters. The van der Waals surface area contributed by atoms with Gasteiger partial charge in [-0.05, 0) is 12.1 Å². The van der Waals surface area contributed by atoms with Gasteiger partial charge in [-0.3, -0.25) is 4.79 Å². The Kier molecular flexibility index (Phi) is 3.67. The second-order valence-corrected chi connectivity index (χ2v) is 6.29. The Morgan fingerprint density at radius 1 is 1.26 bits per heavy atom. The first-order valence-corrected chi connectivity index (χ1v) is 7.61. The molecule has 0 aliphatic carbocycles. The van der Waals surface area contributed by atoms with Crippen molar-refractivity contribution in [3.05, 3.63) is 33.1 Å². The molecule has 0 radical (unpaired) electrons. The molecule has 1 amide bonds. The first-order chi connectivity index (χ1) is 9.16. The van der Waals surface area contributed by atoms with E-state index in [1.165, 1.54) is 11.3 Å². The molecule has 2 aromatic rings. The van der Waals surface area contributed by atoms with Gasteiger partial charge in [-0.1, -0.05) is 29.3 Å². The molecule has 1 aromatic heterocycles. The molecule has 3 nitrogen and oxygen atoms in total. The summed E-state index contributed by atoms with van der Waals surface area (Å²) in [7, 11) is 0. The van der Waals surface area contributed by atoms with Crippen molar-refractivity contribution < 1.29 is 4.79 Å². The van der Waals surface area contributed by atoms with E-state index in [-0.39, 0.29) is 5.91 Å². The van der Waals surface area contributed by atoms with E-state index in [1.807, 2.05) is 17.0 Å². The number of thiophene rings is 1. The summed E-state index contributed by atoms with van der Waals surface area (Å²) < 4.78 is 0.955. The van der Waals surface area contributed by atoms with E-state index >= 15 is 0 Å². The molecule has 1 saturated heterocycles. The Bertz CT molecular complexity index is 635. The minimum Gasteiger partial charge on any atom is -0.335 e. The average Bonchev–Trinajstić information content (AvgIpc) is 2.75. The smallest absolute Gasteiger partial charge is 0.265 e. The number of halogens is 2. The number of carbonyl (C=O) groups is 1. The standard InChI is InChI=1S/C13H12Cl2N2OS/c14-8-1-2-9-10(7-8)19-12(11(9)15)13(18)17-5-3-16-4-6-17/h1-2,7,16H,3-6H2. The van der Waals surface area contributed by atoms with Gasteiger partial charge in [0, 0.05) is 41.3 Å². The van der Waals surface area contributed by atoms with Gasteiger partial charge in [0.05, 0.1) is 5.02 Å². The van der Waals surface area contributed by atoms with Crippen LogP contribution in [0, 0.1) is 0 Å². The highest BCUT2D eigenvalue weighted by molar-refractivity contribution is 7.21. The zero-order valence-electron chi connectivity index (χ0n) is 10.1. The number of nitrogens with zero attached hydrogens (tertiary/aromatic N) is 1. The summed E-state index contributed by atoms with van der Waals surface area (Å²) in [5.74, 6) is 0.0174. The molecule has 1 aromatic carbocycles. The maximum Gasteiger partial charge on any atom is 0.265 e. The summed E-state index contributed by atoms with van der Waals surface area (Å²) in [5, 5.41) is 5.33. The zero-order valence-corrected chi connectivity index (χ0v) is 12.4. The van der Waals surface area contributed by atoms with E-state index in [2.05, 4.69) is 5.32 Å². The summed E-state index contributed by atoms with van der Waals surface area (Å²) in [6, 6.07) is 5.51. The van der Waals surface area contributed by atoms with E-state index in [1.54, 1.807) is 6.07 Å². The number of fused-ring (bicyclic) bond motifs is 1. The molecular formula is C13H12Cl2N2OS. The third kappa shape index (κ3) is 2.46. The first kappa shape index (κ1) is 13.2. The maximum absolute atomic E-state index is 12.5. The van der Waals surface area contributed by atoms with Crippen LogP contribution in [-0.2, 0) is 0 Å². The van der Waals surface area contributed by atoms with E-state index < -0.39 is 0 Å². The summed E-state index contributed by atoms with van der Waals surface area (Å²) >= 11 is 13.7. The number of nitrogens with one attached hydrogen (secondary N) is 1. The molecular weight excluding hydrogens is 303 g/mol. The van der Waals surface area contributed by atoms with Crippen LogP contribution in [0.25, 0.3) is 10.1 Å². The molecule has 0 spiro atoms. The summed E-state index contributed by atoms with van der Waals surface area (Å²) in [5.41, 5.74) is 0. The van der Waals surface area contributed by atoms with Gasteiger partial charge in [-0.15, -0.1) is 11.3 Å². The van der Waals surface area contributed by atoms with Crippen LogP contribution in [0.15, 0.2) is 18.2 Å². The number of rotatable bonds is 1. The highest BCUT2D eigenvalue weighted by Crippen LogP contribution is 2.37. The van der Waals surface area contributed by atoms with Crippen molar-refractivity contribution in [2.45, 2.75) is 0 Å². The van der Waals surface area contributed by atoms with Crippen LogP contribution >= 0.6 is 34.5 Å². The average molecular weight is 315 g/mol. The molecule has 6 heteroatoms. The fourth-order valence-electron chi connectivity index (χ4n) is 2.19. The molecule has 1 aliphatic heterocycles. The van der Waals surface area contributed by atoms with Crippen LogP contribution in [0.2, 0.25) is 10.0 Å². The molecule has 1 N–H and O–H groups in total. The van der Waals surface area contributed by atoms with Crippen molar-refractivity contribution in [3.63, 3.8) is 0 Å². The predicted molar refractivity (Wildman–Crippen MR) is 80.6 cm³/mol. The maximum atomic E-state index is 12.5. The van der Waals surface area contributed by atoms with Crippen LogP contribution in [0.3, 0.4) is 0 Å². The van der Waals surface area contributed by atoms with Gasteiger partial charge in [0.2, 0.25) is 0 Å². The van der Waals surface area contributed by atoms with Gasteiger partial charge in [-0.25, -0.2) is 0 Å². The second kappa shape index (κ2) is 5.29. The van der Waals surface area contributed by atoms with Crippen molar-refractivity contribution in [2.24, 2.45) is 0 Å². The lowest BCUT2D eigenvalue weighted by atomic mass is 10.2. The highest BCUT2D eigenvalue weighted by atomic mass is 35.5. The van der Waals surface area contributed by atoms with E-state index in [9.17, 15) is 4.79 Å². The Balaban J connectivity index is 2.00. The molecule has 1 fully saturated rings. The van der Waals surface area contributed by atoms with Crippen molar-refractivity contribution >= 4 is 50.5 Å². The summed E-state index contributed by atoms with van der Waals surface area (Å²) in [6.45, 7) is 3.12. The van der Waals surface area contributed by atoms with Crippen molar-refractivity contribution in [1.29, 1.82) is 0 Å². The molecule has 100 valence electrons. The van der Waals surface area contributed by atoms with Gasteiger partial charge < -0.3 is 10.2 Å². The quantitative estimate of drug-likeness (QED) is 0.876. The fourth-order valence-corrected chi connectivity index (χ4v) is 3.94. The minimum atomic E-state index is 0.0174. The van der Waals surface area contributed by atoms with Crippen LogP contribution in [0.4, 0.5) is 0 Å². The first-order valence-electron chi connectivity index (χ1n) is 6.04. The number of piperazine rings is 1. The van der Waals surface area contributed by atoms with Gasteiger partial charge in [0.15, 0.2) is 0 Å². The Labute approximate surface area is 125 Å². The van der Waals surface area contributed by atoms with Gasteiger partial charge in [0.25, 0.3) is 5.91 Å². The Morgan fingerprint density at radius 3 is 2.74 bits per heavy atom.